The fourth-order valence-electron chi connectivity index (χ4n) is 1.77. The molecule has 2 nitrogen and oxygen atoms in total. The summed E-state index contributed by atoms with van der Waals surface area (Å²) in [6, 6.07) is 8.28. The Morgan fingerprint density at radius 3 is 2.50 bits per heavy atom. The van der Waals surface area contributed by atoms with Gasteiger partial charge in [-0.3, -0.25) is 0 Å². The number of nitrogens with one attached hydrogen (secondary N) is 1. The first-order valence-corrected chi connectivity index (χ1v) is 6.06. The highest BCUT2D eigenvalue weighted by Crippen LogP contribution is 2.25. The van der Waals surface area contributed by atoms with Crippen molar-refractivity contribution >= 4 is 0 Å². The van der Waals surface area contributed by atoms with E-state index in [-0.39, 0.29) is 5.60 Å². The quantitative estimate of drug-likeness (QED) is 0.797. The molecule has 1 aromatic carbocycles. The molecule has 1 N–H and O–H groups in total. The second kappa shape index (κ2) is 5.90. The van der Waals surface area contributed by atoms with Gasteiger partial charge in [-0.25, -0.2) is 0 Å². The SMILES string of the molecule is CCc1ccccc1OC(C)(CC)CNC. The molecule has 0 aromatic heterocycles. The molecule has 0 aliphatic heterocycles. The Balaban J connectivity index is 2.85. The molecule has 0 radical (unpaired) electrons. The van der Waals surface area contributed by atoms with Crippen LogP contribution in [-0.2, 0) is 6.42 Å². The van der Waals surface area contributed by atoms with Crippen LogP contribution in [0, 0.1) is 0 Å². The largest absolute Gasteiger partial charge is 0.486 e. The summed E-state index contributed by atoms with van der Waals surface area (Å²) >= 11 is 0. The van der Waals surface area contributed by atoms with Crippen LogP contribution in [0.15, 0.2) is 24.3 Å². The van der Waals surface area contributed by atoms with Gasteiger partial charge < -0.3 is 10.1 Å². The molecule has 90 valence electrons. The Kier molecular flexibility index (Phi) is 4.81. The third-order valence-corrected chi connectivity index (χ3v) is 3.01. The molecule has 16 heavy (non-hydrogen) atoms. The van der Waals surface area contributed by atoms with Gasteiger partial charge in [0.2, 0.25) is 0 Å². The Morgan fingerprint density at radius 2 is 1.94 bits per heavy atom. The average molecular weight is 221 g/mol. The first-order chi connectivity index (χ1) is 7.65. The van der Waals surface area contributed by atoms with E-state index in [0.717, 1.165) is 25.1 Å². The topological polar surface area (TPSA) is 21.3 Å². The zero-order valence-electron chi connectivity index (χ0n) is 10.8. The predicted octanol–water partition coefficient (Wildman–Crippen LogP) is 3.02. The Morgan fingerprint density at radius 1 is 1.25 bits per heavy atom. The lowest BCUT2D eigenvalue weighted by Crippen LogP contribution is -2.41. The van der Waals surface area contributed by atoms with Gasteiger partial charge in [-0.2, -0.15) is 0 Å². The van der Waals surface area contributed by atoms with Crippen molar-refractivity contribution in [1.82, 2.24) is 5.32 Å². The van der Waals surface area contributed by atoms with E-state index in [9.17, 15) is 0 Å². The zero-order chi connectivity index (χ0) is 12.0. The maximum atomic E-state index is 6.15. The fraction of sp³-hybridized carbons (Fsp3) is 0.571. The van der Waals surface area contributed by atoms with E-state index in [2.05, 4.69) is 44.3 Å². The number of ether oxygens (including phenoxy) is 1. The maximum Gasteiger partial charge on any atom is 0.123 e. The molecule has 0 aliphatic rings. The van der Waals surface area contributed by atoms with Crippen molar-refractivity contribution in [3.63, 3.8) is 0 Å². The van der Waals surface area contributed by atoms with Crippen LogP contribution in [0.3, 0.4) is 0 Å². The molecule has 0 fully saturated rings. The minimum Gasteiger partial charge on any atom is -0.486 e. The van der Waals surface area contributed by atoms with Crippen molar-refractivity contribution in [3.8, 4) is 5.75 Å². The molecule has 1 unspecified atom stereocenters. The summed E-state index contributed by atoms with van der Waals surface area (Å²) in [4.78, 5) is 0. The van der Waals surface area contributed by atoms with Crippen molar-refractivity contribution in [2.75, 3.05) is 13.6 Å². The molecule has 0 saturated heterocycles. The molecule has 0 amide bonds. The first kappa shape index (κ1) is 13.0. The van der Waals surface area contributed by atoms with Gasteiger partial charge in [-0.05, 0) is 38.4 Å². The van der Waals surface area contributed by atoms with Gasteiger partial charge in [0.15, 0.2) is 0 Å². The van der Waals surface area contributed by atoms with Crippen LogP contribution in [-0.4, -0.2) is 19.2 Å². The minimum absolute atomic E-state index is 0.125. The van der Waals surface area contributed by atoms with Crippen molar-refractivity contribution in [3.05, 3.63) is 29.8 Å². The Bertz CT molecular complexity index is 324. The highest BCUT2D eigenvalue weighted by Gasteiger charge is 2.23. The van der Waals surface area contributed by atoms with Crippen molar-refractivity contribution in [2.45, 2.75) is 39.2 Å². The summed E-state index contributed by atoms with van der Waals surface area (Å²) < 4.78 is 6.15. The summed E-state index contributed by atoms with van der Waals surface area (Å²) in [5.74, 6) is 1.02. The van der Waals surface area contributed by atoms with Crippen LogP contribution in [0.25, 0.3) is 0 Å². The van der Waals surface area contributed by atoms with Crippen molar-refractivity contribution in [2.24, 2.45) is 0 Å². The van der Waals surface area contributed by atoms with Gasteiger partial charge in [0.05, 0.1) is 0 Å². The number of aryl methyl sites for hydroxylation is 1. The first-order valence-electron chi connectivity index (χ1n) is 6.06. The number of benzene rings is 1. The van der Waals surface area contributed by atoms with E-state index in [1.165, 1.54) is 5.56 Å². The normalized spacial score (nSPS) is 14.5. The van der Waals surface area contributed by atoms with Crippen LogP contribution < -0.4 is 10.1 Å². The highest BCUT2D eigenvalue weighted by molar-refractivity contribution is 5.33. The Labute approximate surface area is 99.0 Å². The maximum absolute atomic E-state index is 6.15. The van der Waals surface area contributed by atoms with E-state index < -0.39 is 0 Å². The van der Waals surface area contributed by atoms with Crippen LogP contribution in [0.2, 0.25) is 0 Å². The van der Waals surface area contributed by atoms with Gasteiger partial charge in [0.1, 0.15) is 11.4 Å². The number of likely N-dealkylation sites (N-methyl/N-ethyl adjacent to an activating group) is 1. The van der Waals surface area contributed by atoms with E-state index in [0.29, 0.717) is 0 Å². The smallest absolute Gasteiger partial charge is 0.123 e. The number of hydrogen-bond donors (Lipinski definition) is 1. The van der Waals surface area contributed by atoms with Crippen molar-refractivity contribution in [1.29, 1.82) is 0 Å². The van der Waals surface area contributed by atoms with E-state index in [1.54, 1.807) is 0 Å². The fourth-order valence-corrected chi connectivity index (χ4v) is 1.77. The average Bonchev–Trinajstić information content (AvgIpc) is 2.30. The van der Waals surface area contributed by atoms with Gasteiger partial charge in [-0.1, -0.05) is 32.0 Å². The molecular weight excluding hydrogens is 198 g/mol. The second-order valence-electron chi connectivity index (χ2n) is 4.40. The van der Waals surface area contributed by atoms with Crippen LogP contribution in [0.4, 0.5) is 0 Å². The van der Waals surface area contributed by atoms with Crippen molar-refractivity contribution < 1.29 is 4.74 Å². The van der Waals surface area contributed by atoms with Gasteiger partial charge in [0, 0.05) is 6.54 Å². The number of hydrogen-bond acceptors (Lipinski definition) is 2. The van der Waals surface area contributed by atoms with E-state index in [4.69, 9.17) is 4.74 Å². The zero-order valence-corrected chi connectivity index (χ0v) is 10.8. The molecule has 0 bridgehead atoms. The standard InChI is InChI=1S/C14H23NO/c1-5-12-9-7-8-10-13(12)16-14(3,6-2)11-15-4/h7-10,15H,5-6,11H2,1-4H3. The number of rotatable bonds is 6. The van der Waals surface area contributed by atoms with Gasteiger partial charge in [0.25, 0.3) is 0 Å². The van der Waals surface area contributed by atoms with Gasteiger partial charge in [-0.15, -0.1) is 0 Å². The molecule has 0 heterocycles. The molecule has 2 heteroatoms. The Hall–Kier alpha value is -1.02. The third-order valence-electron chi connectivity index (χ3n) is 3.01. The minimum atomic E-state index is -0.125. The van der Waals surface area contributed by atoms with Crippen LogP contribution >= 0.6 is 0 Å². The molecule has 0 spiro atoms. The molecular formula is C14H23NO. The number of para-hydroxylation sites is 1. The van der Waals surface area contributed by atoms with Crippen LogP contribution in [0.1, 0.15) is 32.8 Å². The summed E-state index contributed by atoms with van der Waals surface area (Å²) in [5.41, 5.74) is 1.15. The summed E-state index contributed by atoms with van der Waals surface area (Å²) in [7, 11) is 1.96. The lowest BCUT2D eigenvalue weighted by molar-refractivity contribution is 0.0847. The van der Waals surface area contributed by atoms with E-state index in [1.807, 2.05) is 13.1 Å². The summed E-state index contributed by atoms with van der Waals surface area (Å²) in [6.07, 6.45) is 2.00. The third kappa shape index (κ3) is 3.24. The lowest BCUT2D eigenvalue weighted by atomic mass is 10.0. The predicted molar refractivity (Wildman–Crippen MR) is 69.1 cm³/mol. The molecule has 1 atom stereocenters. The summed E-state index contributed by atoms with van der Waals surface area (Å²) in [5, 5.41) is 3.19. The molecule has 1 aromatic rings. The van der Waals surface area contributed by atoms with E-state index >= 15 is 0 Å². The second-order valence-corrected chi connectivity index (χ2v) is 4.40. The lowest BCUT2D eigenvalue weighted by Gasteiger charge is -2.30. The molecule has 0 saturated carbocycles. The highest BCUT2D eigenvalue weighted by atomic mass is 16.5. The van der Waals surface area contributed by atoms with Crippen LogP contribution in [0.5, 0.6) is 5.75 Å². The molecule has 0 aliphatic carbocycles. The monoisotopic (exact) mass is 221 g/mol. The summed E-state index contributed by atoms with van der Waals surface area (Å²) in [6.45, 7) is 7.33. The molecule has 1 rings (SSSR count). The van der Waals surface area contributed by atoms with Gasteiger partial charge >= 0.3 is 0 Å².